The quantitative estimate of drug-likeness (QED) is 0.654. The molecule has 0 aliphatic carbocycles. The molecule has 0 unspecified atom stereocenters. The third-order valence-corrected chi connectivity index (χ3v) is 2.41. The second-order valence-electron chi connectivity index (χ2n) is 4.85. The normalized spacial score (nSPS) is 11.6. The van der Waals surface area contributed by atoms with E-state index in [-0.39, 0.29) is 18.9 Å². The molecule has 0 spiro atoms. The summed E-state index contributed by atoms with van der Waals surface area (Å²) in [6.45, 7) is 2.90. The fourth-order valence-electron chi connectivity index (χ4n) is 1.38. The van der Waals surface area contributed by atoms with Crippen LogP contribution in [0.5, 0.6) is 0 Å². The molecule has 0 saturated carbocycles. The number of nitrogens with zero attached hydrogens (tertiary/aromatic N) is 1. The number of hydrogen-bond donors (Lipinski definition) is 2. The maximum Gasteiger partial charge on any atom is 0.405 e. The van der Waals surface area contributed by atoms with E-state index in [0.717, 1.165) is 4.90 Å². The van der Waals surface area contributed by atoms with Crippen LogP contribution in [0.4, 0.5) is 13.2 Å². The smallest absolute Gasteiger partial charge is 0.345 e. The highest BCUT2D eigenvalue weighted by molar-refractivity contribution is 5.84. The molecule has 0 radical (unpaired) electrons. The van der Waals surface area contributed by atoms with Crippen molar-refractivity contribution in [1.29, 1.82) is 0 Å². The molecule has 0 rings (SSSR count). The summed E-state index contributed by atoms with van der Waals surface area (Å²) in [7, 11) is 1.39. The minimum absolute atomic E-state index is 0.253. The van der Waals surface area contributed by atoms with Crippen LogP contribution in [0.15, 0.2) is 0 Å². The molecule has 0 aliphatic rings. The van der Waals surface area contributed by atoms with E-state index in [1.165, 1.54) is 7.05 Å². The Bertz CT molecular complexity index is 320. The Hall–Kier alpha value is -1.31. The Morgan fingerprint density at radius 3 is 2.35 bits per heavy atom. The zero-order valence-electron chi connectivity index (χ0n) is 12.0. The van der Waals surface area contributed by atoms with Gasteiger partial charge < -0.3 is 15.5 Å². The van der Waals surface area contributed by atoms with Crippen LogP contribution in [0, 0.1) is 0 Å². The Labute approximate surface area is 116 Å². The van der Waals surface area contributed by atoms with Gasteiger partial charge in [-0.1, -0.05) is 13.8 Å². The van der Waals surface area contributed by atoms with Crippen LogP contribution in [-0.2, 0) is 9.59 Å². The molecule has 0 aliphatic heterocycles. The number of amides is 2. The highest BCUT2D eigenvalue weighted by Gasteiger charge is 2.28. The molecule has 0 saturated heterocycles. The number of halogens is 3. The fourth-order valence-corrected chi connectivity index (χ4v) is 1.38. The van der Waals surface area contributed by atoms with Crippen LogP contribution < -0.4 is 10.6 Å². The molecule has 0 aromatic carbocycles. The lowest BCUT2D eigenvalue weighted by atomic mass is 10.2. The molecule has 0 bridgehead atoms. The van der Waals surface area contributed by atoms with Gasteiger partial charge in [0.05, 0.1) is 6.54 Å². The summed E-state index contributed by atoms with van der Waals surface area (Å²) in [6, 6.07) is 0.330. The van der Waals surface area contributed by atoms with Gasteiger partial charge in [-0.15, -0.1) is 0 Å². The first-order chi connectivity index (χ1) is 9.11. The largest absolute Gasteiger partial charge is 0.405 e. The Morgan fingerprint density at radius 1 is 1.25 bits per heavy atom. The van der Waals surface area contributed by atoms with Crippen molar-refractivity contribution in [3.63, 3.8) is 0 Å². The number of carbonyl (C=O) groups is 2. The highest BCUT2D eigenvalue weighted by atomic mass is 19.4. The summed E-state index contributed by atoms with van der Waals surface area (Å²) in [5.74, 6) is -1.09. The average Bonchev–Trinajstić information content (AvgIpc) is 2.30. The SMILES string of the molecule is CC(C)NCCCC(=O)N(C)CC(=O)NCC(F)(F)F. The van der Waals surface area contributed by atoms with Gasteiger partial charge in [0, 0.05) is 19.5 Å². The van der Waals surface area contributed by atoms with Crippen LogP contribution in [0.3, 0.4) is 0 Å². The molecule has 5 nitrogen and oxygen atoms in total. The predicted octanol–water partition coefficient (Wildman–Crippen LogP) is 0.901. The van der Waals surface area contributed by atoms with Crippen LogP contribution in [0.25, 0.3) is 0 Å². The van der Waals surface area contributed by atoms with Crippen LogP contribution in [0.2, 0.25) is 0 Å². The summed E-state index contributed by atoms with van der Waals surface area (Å²) in [6.07, 6.45) is -3.57. The van der Waals surface area contributed by atoms with E-state index < -0.39 is 18.6 Å². The Morgan fingerprint density at radius 2 is 1.85 bits per heavy atom. The molecule has 0 heterocycles. The number of nitrogens with one attached hydrogen (secondary N) is 2. The van der Waals surface area contributed by atoms with Gasteiger partial charge in [-0.25, -0.2) is 0 Å². The van der Waals surface area contributed by atoms with Gasteiger partial charge in [0.2, 0.25) is 11.8 Å². The van der Waals surface area contributed by atoms with E-state index in [0.29, 0.717) is 19.0 Å². The summed E-state index contributed by atoms with van der Waals surface area (Å²) in [4.78, 5) is 24.0. The molecule has 8 heteroatoms. The van der Waals surface area contributed by atoms with Gasteiger partial charge in [-0.05, 0) is 13.0 Å². The van der Waals surface area contributed by atoms with Crippen LogP contribution in [-0.4, -0.2) is 55.6 Å². The van der Waals surface area contributed by atoms with Crippen LogP contribution >= 0.6 is 0 Å². The van der Waals surface area contributed by atoms with Gasteiger partial charge in [0.1, 0.15) is 6.54 Å². The second-order valence-corrected chi connectivity index (χ2v) is 4.85. The standard InChI is InChI=1S/C12H22F3N3O2/c1-9(2)16-6-4-5-11(20)18(3)7-10(19)17-8-12(13,14)15/h9,16H,4-8H2,1-3H3,(H,17,19). The molecule has 2 N–H and O–H groups in total. The van der Waals surface area contributed by atoms with Gasteiger partial charge in [-0.2, -0.15) is 13.2 Å². The molecule has 118 valence electrons. The topological polar surface area (TPSA) is 61.4 Å². The summed E-state index contributed by atoms with van der Waals surface area (Å²) in [5, 5.41) is 4.86. The van der Waals surface area contributed by atoms with Crippen molar-refractivity contribution in [1.82, 2.24) is 15.5 Å². The number of carbonyl (C=O) groups excluding carboxylic acids is 2. The Kier molecular flexibility index (Phi) is 8.21. The molecular formula is C12H22F3N3O2. The van der Waals surface area contributed by atoms with E-state index in [2.05, 4.69) is 5.32 Å². The van der Waals surface area contributed by atoms with Crippen molar-refractivity contribution in [2.24, 2.45) is 0 Å². The molecule has 20 heavy (non-hydrogen) atoms. The van der Waals surface area contributed by atoms with E-state index in [4.69, 9.17) is 0 Å². The van der Waals surface area contributed by atoms with Crippen molar-refractivity contribution >= 4 is 11.8 Å². The zero-order valence-corrected chi connectivity index (χ0v) is 12.0. The lowest BCUT2D eigenvalue weighted by Crippen LogP contribution is -2.41. The fraction of sp³-hybridized carbons (Fsp3) is 0.833. The minimum atomic E-state index is -4.44. The van der Waals surface area contributed by atoms with Crippen molar-refractivity contribution < 1.29 is 22.8 Å². The monoisotopic (exact) mass is 297 g/mol. The van der Waals surface area contributed by atoms with Crippen molar-refractivity contribution in [3.05, 3.63) is 0 Å². The molecule has 2 amide bonds. The lowest BCUT2D eigenvalue weighted by Gasteiger charge is -2.17. The summed E-state index contributed by atoms with van der Waals surface area (Å²) >= 11 is 0. The van der Waals surface area contributed by atoms with Crippen molar-refractivity contribution in [2.75, 3.05) is 26.7 Å². The van der Waals surface area contributed by atoms with E-state index in [1.54, 1.807) is 5.32 Å². The number of rotatable bonds is 8. The molecule has 0 aromatic heterocycles. The summed E-state index contributed by atoms with van der Waals surface area (Å²) < 4.78 is 35.6. The van der Waals surface area contributed by atoms with E-state index >= 15 is 0 Å². The van der Waals surface area contributed by atoms with Gasteiger partial charge in [0.25, 0.3) is 0 Å². The lowest BCUT2D eigenvalue weighted by molar-refractivity contribution is -0.141. The van der Waals surface area contributed by atoms with Gasteiger partial charge >= 0.3 is 6.18 Å². The first kappa shape index (κ1) is 18.7. The minimum Gasteiger partial charge on any atom is -0.345 e. The maximum absolute atomic E-state index is 11.9. The van der Waals surface area contributed by atoms with E-state index in [9.17, 15) is 22.8 Å². The maximum atomic E-state index is 11.9. The van der Waals surface area contributed by atoms with Crippen LogP contribution in [0.1, 0.15) is 26.7 Å². The average molecular weight is 297 g/mol. The number of likely N-dealkylation sites (N-methyl/N-ethyl adjacent to an activating group) is 1. The Balaban J connectivity index is 3.86. The number of alkyl halides is 3. The number of hydrogen-bond acceptors (Lipinski definition) is 3. The molecular weight excluding hydrogens is 275 g/mol. The first-order valence-corrected chi connectivity index (χ1v) is 6.42. The highest BCUT2D eigenvalue weighted by Crippen LogP contribution is 2.11. The third-order valence-electron chi connectivity index (χ3n) is 2.41. The van der Waals surface area contributed by atoms with Crippen molar-refractivity contribution in [2.45, 2.75) is 38.9 Å². The summed E-state index contributed by atoms with van der Waals surface area (Å²) in [5.41, 5.74) is 0. The predicted molar refractivity (Wildman–Crippen MR) is 69.1 cm³/mol. The van der Waals surface area contributed by atoms with E-state index in [1.807, 2.05) is 13.8 Å². The first-order valence-electron chi connectivity index (χ1n) is 6.42. The van der Waals surface area contributed by atoms with Gasteiger partial charge in [-0.3, -0.25) is 9.59 Å². The third kappa shape index (κ3) is 10.6. The molecule has 0 fully saturated rings. The molecule has 0 aromatic rings. The second kappa shape index (κ2) is 8.78. The zero-order chi connectivity index (χ0) is 15.8. The molecule has 0 atom stereocenters. The van der Waals surface area contributed by atoms with Crippen molar-refractivity contribution in [3.8, 4) is 0 Å². The van der Waals surface area contributed by atoms with Gasteiger partial charge in [0.15, 0.2) is 0 Å².